The molecule has 5 heteroatoms. The summed E-state index contributed by atoms with van der Waals surface area (Å²) in [6.07, 6.45) is 0.730. The molecule has 0 atom stereocenters. The molecule has 1 heterocycles. The Kier molecular flexibility index (Phi) is 3.18. The van der Waals surface area contributed by atoms with Crippen LogP contribution < -0.4 is 11.3 Å². The first-order valence-corrected chi connectivity index (χ1v) is 6.30. The fourth-order valence-electron chi connectivity index (χ4n) is 2.16. The minimum Gasteiger partial charge on any atom is -0.342 e. The van der Waals surface area contributed by atoms with Crippen molar-refractivity contribution >= 4 is 16.9 Å². The first-order chi connectivity index (χ1) is 9.76. The van der Waals surface area contributed by atoms with Crippen LogP contribution in [0.4, 0.5) is 0 Å². The number of aromatic amines is 1. The van der Waals surface area contributed by atoms with E-state index in [1.807, 2.05) is 24.3 Å². The Hall–Kier alpha value is -2.66. The number of carbonyl (C=O) groups is 1. The summed E-state index contributed by atoms with van der Waals surface area (Å²) in [4.78, 5) is 19.2. The third kappa shape index (κ3) is 2.39. The molecule has 0 spiro atoms. The molecule has 0 saturated heterocycles. The third-order valence-electron chi connectivity index (χ3n) is 3.14. The van der Waals surface area contributed by atoms with Crippen molar-refractivity contribution in [2.75, 3.05) is 0 Å². The van der Waals surface area contributed by atoms with Crippen molar-refractivity contribution in [2.24, 2.45) is 5.84 Å². The van der Waals surface area contributed by atoms with Gasteiger partial charge in [-0.25, -0.2) is 10.8 Å². The number of aromatic nitrogens is 2. The molecule has 2 aromatic carbocycles. The van der Waals surface area contributed by atoms with E-state index in [2.05, 4.69) is 27.5 Å². The zero-order valence-corrected chi connectivity index (χ0v) is 10.8. The van der Waals surface area contributed by atoms with Gasteiger partial charge in [-0.3, -0.25) is 10.2 Å². The zero-order valence-electron chi connectivity index (χ0n) is 10.8. The summed E-state index contributed by atoms with van der Waals surface area (Å²) < 4.78 is 0. The second-order valence-electron chi connectivity index (χ2n) is 4.55. The van der Waals surface area contributed by atoms with Gasteiger partial charge < -0.3 is 4.98 Å². The summed E-state index contributed by atoms with van der Waals surface area (Å²) in [5, 5.41) is 0. The highest BCUT2D eigenvalue weighted by Gasteiger charge is 2.08. The lowest BCUT2D eigenvalue weighted by molar-refractivity contribution is 0.0954. The van der Waals surface area contributed by atoms with E-state index in [-0.39, 0.29) is 5.91 Å². The molecule has 0 unspecified atom stereocenters. The van der Waals surface area contributed by atoms with E-state index >= 15 is 0 Å². The summed E-state index contributed by atoms with van der Waals surface area (Å²) in [7, 11) is 0. The Balaban J connectivity index is 1.92. The van der Waals surface area contributed by atoms with Gasteiger partial charge in [-0.05, 0) is 23.8 Å². The van der Waals surface area contributed by atoms with Gasteiger partial charge in [0.15, 0.2) is 0 Å². The van der Waals surface area contributed by atoms with Crippen LogP contribution in [-0.4, -0.2) is 15.9 Å². The number of imidazole rings is 1. The van der Waals surface area contributed by atoms with E-state index in [1.54, 1.807) is 12.1 Å². The Morgan fingerprint density at radius 1 is 1.20 bits per heavy atom. The second kappa shape index (κ2) is 5.14. The highest BCUT2D eigenvalue weighted by Crippen LogP contribution is 2.15. The van der Waals surface area contributed by atoms with Crippen molar-refractivity contribution in [2.45, 2.75) is 6.42 Å². The maximum absolute atomic E-state index is 11.5. The predicted molar refractivity (Wildman–Crippen MR) is 77.0 cm³/mol. The van der Waals surface area contributed by atoms with E-state index in [0.717, 1.165) is 23.3 Å². The SMILES string of the molecule is NNC(=O)c1ccc2nc(Cc3ccccc3)[nH]c2c1. The molecule has 0 aliphatic heterocycles. The number of hydrogen-bond acceptors (Lipinski definition) is 3. The van der Waals surface area contributed by atoms with Gasteiger partial charge in [-0.1, -0.05) is 30.3 Å². The highest BCUT2D eigenvalue weighted by atomic mass is 16.2. The quantitative estimate of drug-likeness (QED) is 0.383. The summed E-state index contributed by atoms with van der Waals surface area (Å²) in [5.74, 6) is 5.69. The lowest BCUT2D eigenvalue weighted by atomic mass is 10.1. The standard InChI is InChI=1S/C15H14N4O/c16-19-15(20)11-6-7-12-13(9-11)18-14(17-12)8-10-4-2-1-3-5-10/h1-7,9H,8,16H2,(H,17,18)(H,19,20). The molecular formula is C15H14N4O. The number of nitrogens with one attached hydrogen (secondary N) is 2. The van der Waals surface area contributed by atoms with Gasteiger partial charge in [0.2, 0.25) is 0 Å². The summed E-state index contributed by atoms with van der Waals surface area (Å²) >= 11 is 0. The molecular weight excluding hydrogens is 252 g/mol. The summed E-state index contributed by atoms with van der Waals surface area (Å²) in [5.41, 5.74) is 5.48. The number of fused-ring (bicyclic) bond motifs is 1. The molecule has 5 nitrogen and oxygen atoms in total. The van der Waals surface area contributed by atoms with Crippen molar-refractivity contribution in [3.05, 3.63) is 65.5 Å². The number of amides is 1. The van der Waals surface area contributed by atoms with Gasteiger partial charge in [-0.2, -0.15) is 0 Å². The molecule has 0 bridgehead atoms. The lowest BCUT2D eigenvalue weighted by Gasteiger charge is -1.98. The van der Waals surface area contributed by atoms with E-state index in [9.17, 15) is 4.79 Å². The topological polar surface area (TPSA) is 83.8 Å². The van der Waals surface area contributed by atoms with Crippen LogP contribution in [0.1, 0.15) is 21.7 Å². The number of hydrazine groups is 1. The van der Waals surface area contributed by atoms with Crippen molar-refractivity contribution in [3.8, 4) is 0 Å². The van der Waals surface area contributed by atoms with Gasteiger partial charge in [0.05, 0.1) is 11.0 Å². The van der Waals surface area contributed by atoms with Crippen molar-refractivity contribution in [1.29, 1.82) is 0 Å². The normalized spacial score (nSPS) is 10.7. The fraction of sp³-hybridized carbons (Fsp3) is 0.0667. The van der Waals surface area contributed by atoms with Crippen LogP contribution in [0.3, 0.4) is 0 Å². The number of nitrogen functional groups attached to an aromatic ring is 1. The predicted octanol–water partition coefficient (Wildman–Crippen LogP) is 1.76. The molecule has 3 rings (SSSR count). The van der Waals surface area contributed by atoms with Crippen LogP contribution in [0.2, 0.25) is 0 Å². The number of carbonyl (C=O) groups excluding carboxylic acids is 1. The van der Waals surface area contributed by atoms with Crippen LogP contribution in [0.5, 0.6) is 0 Å². The van der Waals surface area contributed by atoms with Gasteiger partial charge >= 0.3 is 0 Å². The molecule has 0 saturated carbocycles. The van der Waals surface area contributed by atoms with Gasteiger partial charge in [0, 0.05) is 12.0 Å². The van der Waals surface area contributed by atoms with Crippen LogP contribution in [0, 0.1) is 0 Å². The van der Waals surface area contributed by atoms with Crippen LogP contribution in [-0.2, 0) is 6.42 Å². The van der Waals surface area contributed by atoms with E-state index in [4.69, 9.17) is 5.84 Å². The molecule has 1 amide bonds. The van der Waals surface area contributed by atoms with Gasteiger partial charge in [0.25, 0.3) is 5.91 Å². The van der Waals surface area contributed by atoms with Crippen molar-refractivity contribution < 1.29 is 4.79 Å². The van der Waals surface area contributed by atoms with Crippen LogP contribution in [0.15, 0.2) is 48.5 Å². The molecule has 0 aliphatic rings. The zero-order chi connectivity index (χ0) is 13.9. The molecule has 100 valence electrons. The average Bonchev–Trinajstić information content (AvgIpc) is 2.88. The fourth-order valence-corrected chi connectivity index (χ4v) is 2.16. The first kappa shape index (κ1) is 12.4. The van der Waals surface area contributed by atoms with Crippen LogP contribution in [0.25, 0.3) is 11.0 Å². The third-order valence-corrected chi connectivity index (χ3v) is 3.14. The minimum atomic E-state index is -0.314. The lowest BCUT2D eigenvalue weighted by Crippen LogP contribution is -2.29. The van der Waals surface area contributed by atoms with Gasteiger partial charge in [0.1, 0.15) is 5.82 Å². The molecule has 4 N–H and O–H groups in total. The largest absolute Gasteiger partial charge is 0.342 e. The maximum atomic E-state index is 11.5. The van der Waals surface area contributed by atoms with Crippen molar-refractivity contribution in [1.82, 2.24) is 15.4 Å². The van der Waals surface area contributed by atoms with Gasteiger partial charge in [-0.15, -0.1) is 0 Å². The molecule has 1 aromatic heterocycles. The first-order valence-electron chi connectivity index (χ1n) is 6.30. The smallest absolute Gasteiger partial charge is 0.265 e. The number of rotatable bonds is 3. The Morgan fingerprint density at radius 3 is 2.75 bits per heavy atom. The highest BCUT2D eigenvalue weighted by molar-refractivity contribution is 5.96. The van der Waals surface area contributed by atoms with E-state index in [1.165, 1.54) is 5.56 Å². The monoisotopic (exact) mass is 266 g/mol. The number of hydrogen-bond donors (Lipinski definition) is 3. The molecule has 0 aliphatic carbocycles. The minimum absolute atomic E-state index is 0.314. The van der Waals surface area contributed by atoms with Crippen LogP contribution >= 0.6 is 0 Å². The summed E-state index contributed by atoms with van der Waals surface area (Å²) in [6, 6.07) is 15.4. The molecule has 0 radical (unpaired) electrons. The maximum Gasteiger partial charge on any atom is 0.265 e. The second-order valence-corrected chi connectivity index (χ2v) is 4.55. The number of nitrogens with two attached hydrogens (primary N) is 1. The van der Waals surface area contributed by atoms with E-state index < -0.39 is 0 Å². The Bertz CT molecular complexity index is 749. The Labute approximate surface area is 115 Å². The van der Waals surface area contributed by atoms with Crippen molar-refractivity contribution in [3.63, 3.8) is 0 Å². The number of nitrogens with zero attached hydrogens (tertiary/aromatic N) is 1. The summed E-state index contributed by atoms with van der Waals surface area (Å²) in [6.45, 7) is 0. The van der Waals surface area contributed by atoms with E-state index in [0.29, 0.717) is 5.56 Å². The molecule has 0 fully saturated rings. The molecule has 20 heavy (non-hydrogen) atoms. The average molecular weight is 266 g/mol. The Morgan fingerprint density at radius 2 is 2.00 bits per heavy atom. The number of benzene rings is 2. The molecule has 3 aromatic rings. The number of H-pyrrole nitrogens is 1.